The Labute approximate surface area is 88.2 Å². The Kier molecular flexibility index (Phi) is 2.93. The molecule has 15 heavy (non-hydrogen) atoms. The molecule has 1 unspecified atom stereocenters. The van der Waals surface area contributed by atoms with Gasteiger partial charge in [0.05, 0.1) is 0 Å². The lowest BCUT2D eigenvalue weighted by Gasteiger charge is -2.33. The van der Waals surface area contributed by atoms with Crippen molar-refractivity contribution in [1.82, 2.24) is 0 Å². The van der Waals surface area contributed by atoms with Crippen LogP contribution in [0.5, 0.6) is 0 Å². The summed E-state index contributed by atoms with van der Waals surface area (Å²) in [6.45, 7) is 3.63. The summed E-state index contributed by atoms with van der Waals surface area (Å²) < 4.78 is 22.7. The molecule has 84 valence electrons. The van der Waals surface area contributed by atoms with Crippen LogP contribution in [0.2, 0.25) is 0 Å². The maximum absolute atomic E-state index is 12.9. The number of alkyl halides is 1. The van der Waals surface area contributed by atoms with Crippen LogP contribution in [0.3, 0.4) is 0 Å². The number of carbonyl (C=O) groups excluding carboxylic acids is 1. The van der Waals surface area contributed by atoms with Gasteiger partial charge in [0, 0.05) is 6.42 Å². The second-order valence-electron chi connectivity index (χ2n) is 4.26. The molecule has 1 saturated heterocycles. The monoisotopic (exact) mass is 214 g/mol. The summed E-state index contributed by atoms with van der Waals surface area (Å²) in [4.78, 5) is 11.0. The fraction of sp³-hybridized carbons (Fsp3) is 0.727. The first-order valence-electron chi connectivity index (χ1n) is 5.35. The standard InChI is InChI=1S/C11H15FO3/c1-7-6-10(15-11(13)14-7)8-2-4-9(12)5-3-8/h8-10H,1-6H2. The van der Waals surface area contributed by atoms with Crippen molar-refractivity contribution in [2.45, 2.75) is 44.4 Å². The molecule has 0 spiro atoms. The van der Waals surface area contributed by atoms with Crippen molar-refractivity contribution in [3.63, 3.8) is 0 Å². The molecule has 3 nitrogen and oxygen atoms in total. The zero-order valence-corrected chi connectivity index (χ0v) is 8.58. The molecule has 1 aliphatic carbocycles. The van der Waals surface area contributed by atoms with E-state index in [1.165, 1.54) is 0 Å². The summed E-state index contributed by atoms with van der Waals surface area (Å²) >= 11 is 0. The summed E-state index contributed by atoms with van der Waals surface area (Å²) in [5.74, 6) is 0.722. The van der Waals surface area contributed by atoms with Gasteiger partial charge in [0.1, 0.15) is 18.0 Å². The first-order valence-corrected chi connectivity index (χ1v) is 5.35. The van der Waals surface area contributed by atoms with E-state index >= 15 is 0 Å². The summed E-state index contributed by atoms with van der Waals surface area (Å²) in [7, 11) is 0. The molecule has 0 bridgehead atoms. The van der Waals surface area contributed by atoms with Crippen molar-refractivity contribution >= 4 is 6.16 Å². The molecule has 2 fully saturated rings. The van der Waals surface area contributed by atoms with Gasteiger partial charge in [-0.1, -0.05) is 6.58 Å². The van der Waals surface area contributed by atoms with E-state index in [2.05, 4.69) is 6.58 Å². The summed E-state index contributed by atoms with van der Waals surface area (Å²) in [5.41, 5.74) is 0. The van der Waals surface area contributed by atoms with Crippen LogP contribution in [0.15, 0.2) is 12.3 Å². The van der Waals surface area contributed by atoms with E-state index in [4.69, 9.17) is 9.47 Å². The topological polar surface area (TPSA) is 35.5 Å². The van der Waals surface area contributed by atoms with Gasteiger partial charge in [-0.25, -0.2) is 9.18 Å². The van der Waals surface area contributed by atoms with Gasteiger partial charge in [0.2, 0.25) is 0 Å². The zero-order valence-electron chi connectivity index (χ0n) is 8.58. The van der Waals surface area contributed by atoms with Gasteiger partial charge in [0.15, 0.2) is 0 Å². The van der Waals surface area contributed by atoms with Crippen LogP contribution in [0.1, 0.15) is 32.1 Å². The van der Waals surface area contributed by atoms with Crippen LogP contribution in [-0.2, 0) is 9.47 Å². The third-order valence-corrected chi connectivity index (χ3v) is 3.13. The number of rotatable bonds is 1. The van der Waals surface area contributed by atoms with E-state index in [1.54, 1.807) is 0 Å². The second kappa shape index (κ2) is 4.21. The third-order valence-electron chi connectivity index (χ3n) is 3.13. The minimum atomic E-state index is -0.681. The first-order chi connectivity index (χ1) is 7.15. The predicted octanol–water partition coefficient (Wildman–Crippen LogP) is 2.95. The average Bonchev–Trinajstić information content (AvgIpc) is 2.17. The average molecular weight is 214 g/mol. The molecule has 0 amide bonds. The van der Waals surface area contributed by atoms with Crippen molar-refractivity contribution in [3.05, 3.63) is 12.3 Å². The van der Waals surface area contributed by atoms with Crippen molar-refractivity contribution in [2.24, 2.45) is 5.92 Å². The molecule has 1 saturated carbocycles. The highest BCUT2D eigenvalue weighted by Crippen LogP contribution is 2.34. The lowest BCUT2D eigenvalue weighted by Crippen LogP contribution is -2.34. The van der Waals surface area contributed by atoms with E-state index in [-0.39, 0.29) is 12.0 Å². The smallest absolute Gasteiger partial charge is 0.430 e. The second-order valence-corrected chi connectivity index (χ2v) is 4.26. The van der Waals surface area contributed by atoms with Gasteiger partial charge < -0.3 is 9.47 Å². The molecule has 0 aromatic rings. The highest BCUT2D eigenvalue weighted by molar-refractivity contribution is 5.62. The molecule has 0 N–H and O–H groups in total. The van der Waals surface area contributed by atoms with Crippen LogP contribution >= 0.6 is 0 Å². The Balaban J connectivity index is 1.92. The number of carbonyl (C=O) groups is 1. The highest BCUT2D eigenvalue weighted by atomic mass is 19.1. The fourth-order valence-electron chi connectivity index (χ4n) is 2.29. The summed E-state index contributed by atoms with van der Waals surface area (Å²) in [6, 6.07) is 0. The maximum atomic E-state index is 12.9. The van der Waals surface area contributed by atoms with E-state index in [1.807, 2.05) is 0 Å². The predicted molar refractivity (Wildman–Crippen MR) is 52.0 cm³/mol. The normalized spacial score (nSPS) is 37.0. The SMILES string of the molecule is C=C1CC(C2CCC(F)CC2)OC(=O)O1. The van der Waals surface area contributed by atoms with Gasteiger partial charge >= 0.3 is 6.16 Å². The van der Waals surface area contributed by atoms with Gasteiger partial charge in [-0.2, -0.15) is 0 Å². The highest BCUT2D eigenvalue weighted by Gasteiger charge is 2.34. The fourth-order valence-corrected chi connectivity index (χ4v) is 2.29. The molecule has 1 aliphatic heterocycles. The van der Waals surface area contributed by atoms with Crippen LogP contribution in [-0.4, -0.2) is 18.4 Å². The minimum absolute atomic E-state index is 0.161. The summed E-state index contributed by atoms with van der Waals surface area (Å²) in [6.07, 6.45) is 1.76. The lowest BCUT2D eigenvalue weighted by molar-refractivity contribution is -0.0292. The largest absolute Gasteiger partial charge is 0.513 e. The van der Waals surface area contributed by atoms with E-state index < -0.39 is 12.3 Å². The molecule has 0 radical (unpaired) electrons. The minimum Gasteiger partial charge on any atom is -0.430 e. The van der Waals surface area contributed by atoms with Gasteiger partial charge in [-0.05, 0) is 31.6 Å². The quantitative estimate of drug-likeness (QED) is 0.629. The Hall–Kier alpha value is -1.06. The molecule has 1 atom stereocenters. The number of halogens is 1. The molecular formula is C11H15FO3. The Morgan fingerprint density at radius 1 is 1.27 bits per heavy atom. The van der Waals surface area contributed by atoms with Crippen molar-refractivity contribution in [2.75, 3.05) is 0 Å². The Bertz CT molecular complexity index is 253. The molecule has 4 heteroatoms. The van der Waals surface area contributed by atoms with E-state index in [0.29, 0.717) is 25.0 Å². The first kappa shape index (κ1) is 10.5. The van der Waals surface area contributed by atoms with Crippen molar-refractivity contribution in [3.8, 4) is 0 Å². The number of ether oxygens (including phenoxy) is 2. The van der Waals surface area contributed by atoms with Crippen LogP contribution < -0.4 is 0 Å². The van der Waals surface area contributed by atoms with Crippen molar-refractivity contribution < 1.29 is 18.7 Å². The molecule has 0 aromatic carbocycles. The van der Waals surface area contributed by atoms with E-state index in [9.17, 15) is 9.18 Å². The van der Waals surface area contributed by atoms with Crippen molar-refractivity contribution in [1.29, 1.82) is 0 Å². The maximum Gasteiger partial charge on any atom is 0.513 e. The molecular weight excluding hydrogens is 199 g/mol. The lowest BCUT2D eigenvalue weighted by atomic mass is 9.83. The number of hydrogen-bond acceptors (Lipinski definition) is 3. The third kappa shape index (κ3) is 2.49. The van der Waals surface area contributed by atoms with Gasteiger partial charge in [0.25, 0.3) is 0 Å². The number of hydrogen-bond donors (Lipinski definition) is 0. The number of cyclic esters (lactones) is 2. The van der Waals surface area contributed by atoms with Crippen LogP contribution in [0, 0.1) is 5.92 Å². The van der Waals surface area contributed by atoms with Gasteiger partial charge in [-0.15, -0.1) is 0 Å². The molecule has 2 aliphatic rings. The molecule has 1 heterocycles. The van der Waals surface area contributed by atoms with Crippen LogP contribution in [0.25, 0.3) is 0 Å². The zero-order chi connectivity index (χ0) is 10.8. The van der Waals surface area contributed by atoms with Crippen LogP contribution in [0.4, 0.5) is 9.18 Å². The Morgan fingerprint density at radius 2 is 1.93 bits per heavy atom. The molecule has 0 aromatic heterocycles. The van der Waals surface area contributed by atoms with E-state index in [0.717, 1.165) is 12.8 Å². The Morgan fingerprint density at radius 3 is 2.53 bits per heavy atom. The summed E-state index contributed by atoms with van der Waals surface area (Å²) in [5, 5.41) is 0. The van der Waals surface area contributed by atoms with Gasteiger partial charge in [-0.3, -0.25) is 0 Å². The molecule has 2 rings (SSSR count).